The van der Waals surface area contributed by atoms with Crippen molar-refractivity contribution in [2.24, 2.45) is 4.99 Å². The first kappa shape index (κ1) is 29.9. The average Bonchev–Trinajstić information content (AvgIpc) is 3.22. The third-order valence-electron chi connectivity index (χ3n) is 7.45. The third kappa shape index (κ3) is 12.8. The van der Waals surface area contributed by atoms with Crippen LogP contribution in [0.25, 0.3) is 0 Å². The van der Waals surface area contributed by atoms with E-state index in [1.807, 2.05) is 0 Å². The predicted octanol–water partition coefficient (Wildman–Crippen LogP) is 7.93. The van der Waals surface area contributed by atoms with E-state index >= 15 is 0 Å². The fourth-order valence-corrected chi connectivity index (χ4v) is 5.33. The van der Waals surface area contributed by atoms with E-state index in [-0.39, 0.29) is 12.1 Å². The molecule has 0 aliphatic carbocycles. The lowest BCUT2D eigenvalue weighted by Gasteiger charge is -2.39. The van der Waals surface area contributed by atoms with Crippen molar-refractivity contribution < 1.29 is 9.28 Å². The maximum absolute atomic E-state index is 11.5. The predicted molar refractivity (Wildman–Crippen MR) is 145 cm³/mol. The Labute approximate surface area is 206 Å². The highest BCUT2D eigenvalue weighted by Gasteiger charge is 2.41. The number of unbranched alkanes of at least 4 members (excludes halogenated alkanes) is 14. The largest absolute Gasteiger partial charge is 0.307 e. The molecule has 0 aromatic heterocycles. The molecule has 0 bridgehead atoms. The van der Waals surface area contributed by atoms with Crippen LogP contribution < -0.4 is 5.32 Å². The number of hydrogen-bond donors (Lipinski definition) is 1. The molecular weight excluding hydrogens is 406 g/mol. The van der Waals surface area contributed by atoms with Gasteiger partial charge in [0.15, 0.2) is 12.0 Å². The van der Waals surface area contributed by atoms with Gasteiger partial charge in [-0.3, -0.25) is 9.28 Å². The standard InChI is InChI=1S/C29H55N3O/c1-5-7-8-9-10-11-12-13-14-15-16-17-18-19-20-21-22-23-24-29-30-25-26-32(29,6-2)27(3)31-28(4)33/h7-8,27H,5-6,9-26H2,1-4H3/p+1/b8-7+. The Kier molecular flexibility index (Phi) is 17.4. The monoisotopic (exact) mass is 462 g/mol. The van der Waals surface area contributed by atoms with E-state index in [2.05, 4.69) is 38.2 Å². The molecule has 0 aromatic rings. The van der Waals surface area contributed by atoms with Gasteiger partial charge in [-0.25, -0.2) is 4.99 Å². The molecule has 0 aromatic carbocycles. The van der Waals surface area contributed by atoms with Gasteiger partial charge in [0.2, 0.25) is 5.91 Å². The Hall–Kier alpha value is -1.16. The second-order valence-electron chi connectivity index (χ2n) is 10.1. The van der Waals surface area contributed by atoms with E-state index in [0.717, 1.165) is 30.5 Å². The van der Waals surface area contributed by atoms with E-state index in [4.69, 9.17) is 4.99 Å². The number of amidine groups is 1. The zero-order chi connectivity index (χ0) is 24.2. The lowest BCUT2D eigenvalue weighted by Crippen LogP contribution is -2.62. The highest BCUT2D eigenvalue weighted by molar-refractivity contribution is 5.78. The molecule has 0 spiro atoms. The number of hydrogen-bond acceptors (Lipinski definition) is 2. The second-order valence-corrected chi connectivity index (χ2v) is 10.1. The summed E-state index contributed by atoms with van der Waals surface area (Å²) in [6.45, 7) is 11.1. The summed E-state index contributed by atoms with van der Waals surface area (Å²) in [6.07, 6.45) is 27.8. The van der Waals surface area contributed by atoms with Gasteiger partial charge in [0.05, 0.1) is 13.1 Å². The van der Waals surface area contributed by atoms with E-state index in [0.29, 0.717) is 0 Å². The van der Waals surface area contributed by atoms with Crippen LogP contribution in [-0.2, 0) is 4.79 Å². The molecule has 4 nitrogen and oxygen atoms in total. The van der Waals surface area contributed by atoms with Gasteiger partial charge in [0.25, 0.3) is 0 Å². The number of carbonyl (C=O) groups is 1. The van der Waals surface area contributed by atoms with Crippen molar-refractivity contribution in [3.05, 3.63) is 12.2 Å². The first-order valence-electron chi connectivity index (χ1n) is 14.4. The molecule has 1 amide bonds. The lowest BCUT2D eigenvalue weighted by molar-refractivity contribution is -0.861. The number of rotatable bonds is 21. The number of aliphatic imine (C=N–C) groups is 1. The molecule has 0 saturated heterocycles. The summed E-state index contributed by atoms with van der Waals surface area (Å²) in [7, 11) is 0. The highest BCUT2D eigenvalue weighted by Crippen LogP contribution is 2.23. The van der Waals surface area contributed by atoms with Crippen molar-refractivity contribution in [3.8, 4) is 0 Å². The van der Waals surface area contributed by atoms with E-state index in [9.17, 15) is 4.79 Å². The van der Waals surface area contributed by atoms with Crippen LogP contribution in [0.2, 0.25) is 0 Å². The number of allylic oxidation sites excluding steroid dienone is 2. The Morgan fingerprint density at radius 2 is 1.39 bits per heavy atom. The molecule has 1 N–H and O–H groups in total. The molecule has 33 heavy (non-hydrogen) atoms. The van der Waals surface area contributed by atoms with Crippen molar-refractivity contribution >= 4 is 11.7 Å². The second kappa shape index (κ2) is 19.2. The van der Waals surface area contributed by atoms with Crippen LogP contribution in [0.15, 0.2) is 17.1 Å². The number of carbonyl (C=O) groups excluding carboxylic acids is 1. The van der Waals surface area contributed by atoms with Gasteiger partial charge in [-0.1, -0.05) is 96.1 Å². The van der Waals surface area contributed by atoms with Gasteiger partial charge >= 0.3 is 0 Å². The number of quaternary nitrogens is 1. The van der Waals surface area contributed by atoms with Crippen molar-refractivity contribution in [2.45, 2.75) is 143 Å². The zero-order valence-electron chi connectivity index (χ0n) is 22.7. The first-order chi connectivity index (χ1) is 16.1. The SMILES string of the molecule is CC/C=C/CCCCCCCCCCCCCCCCC1=NCC[N+]1(CC)C(C)NC(C)=O. The minimum Gasteiger partial charge on any atom is -0.307 e. The molecule has 0 fully saturated rings. The smallest absolute Gasteiger partial charge is 0.221 e. The average molecular weight is 463 g/mol. The van der Waals surface area contributed by atoms with Crippen LogP contribution in [0.4, 0.5) is 0 Å². The third-order valence-corrected chi connectivity index (χ3v) is 7.45. The normalized spacial score (nSPS) is 19.2. The number of amides is 1. The molecule has 4 heteroatoms. The van der Waals surface area contributed by atoms with Crippen molar-refractivity contribution in [1.29, 1.82) is 0 Å². The number of likely N-dealkylation sites (N-methyl/N-ethyl adjacent to an activating group) is 1. The van der Waals surface area contributed by atoms with Crippen molar-refractivity contribution in [2.75, 3.05) is 19.6 Å². The molecule has 0 radical (unpaired) electrons. The quantitative estimate of drug-likeness (QED) is 0.105. The molecule has 2 atom stereocenters. The summed E-state index contributed by atoms with van der Waals surface area (Å²) in [5.41, 5.74) is 0. The summed E-state index contributed by atoms with van der Waals surface area (Å²) in [5, 5.41) is 3.12. The molecule has 192 valence electrons. The minimum atomic E-state index is 0.0609. The van der Waals surface area contributed by atoms with Gasteiger partial charge in [-0.2, -0.15) is 0 Å². The van der Waals surface area contributed by atoms with E-state index < -0.39 is 0 Å². The summed E-state index contributed by atoms with van der Waals surface area (Å²) >= 11 is 0. The molecule has 1 aliphatic rings. The number of nitrogens with one attached hydrogen (secondary N) is 1. The summed E-state index contributed by atoms with van der Waals surface area (Å²) in [6, 6.07) is 0. The molecule has 1 heterocycles. The van der Waals surface area contributed by atoms with Gasteiger partial charge < -0.3 is 5.32 Å². The van der Waals surface area contributed by atoms with Crippen molar-refractivity contribution in [1.82, 2.24) is 5.32 Å². The topological polar surface area (TPSA) is 41.5 Å². The van der Waals surface area contributed by atoms with Gasteiger partial charge in [0, 0.05) is 20.3 Å². The van der Waals surface area contributed by atoms with Crippen LogP contribution in [0.1, 0.15) is 137 Å². The highest BCUT2D eigenvalue weighted by atomic mass is 16.1. The summed E-state index contributed by atoms with van der Waals surface area (Å²) < 4.78 is 0.857. The molecular formula is C29H56N3O+. The molecule has 2 unspecified atom stereocenters. The van der Waals surface area contributed by atoms with E-state index in [1.165, 1.54) is 109 Å². The lowest BCUT2D eigenvalue weighted by atomic mass is 10.0. The summed E-state index contributed by atoms with van der Waals surface area (Å²) in [5.74, 6) is 1.37. The first-order valence-corrected chi connectivity index (χ1v) is 14.4. The maximum atomic E-state index is 11.5. The van der Waals surface area contributed by atoms with E-state index in [1.54, 1.807) is 6.92 Å². The number of nitrogens with zero attached hydrogens (tertiary/aromatic N) is 2. The zero-order valence-corrected chi connectivity index (χ0v) is 22.7. The van der Waals surface area contributed by atoms with Crippen LogP contribution >= 0.6 is 0 Å². The summed E-state index contributed by atoms with van der Waals surface area (Å²) in [4.78, 5) is 16.4. The van der Waals surface area contributed by atoms with Crippen molar-refractivity contribution in [3.63, 3.8) is 0 Å². The molecule has 1 aliphatic heterocycles. The Bertz CT molecular complexity index is 557. The fraction of sp³-hybridized carbons (Fsp3) is 0.862. The van der Waals surface area contributed by atoms with Crippen LogP contribution in [0.3, 0.4) is 0 Å². The van der Waals surface area contributed by atoms with Gasteiger partial charge in [-0.05, 0) is 32.6 Å². The van der Waals surface area contributed by atoms with Crippen LogP contribution in [0, 0.1) is 0 Å². The van der Waals surface area contributed by atoms with Crippen LogP contribution in [-0.4, -0.2) is 42.0 Å². The Balaban J connectivity index is 1.96. The maximum Gasteiger partial charge on any atom is 0.221 e. The fourth-order valence-electron chi connectivity index (χ4n) is 5.33. The minimum absolute atomic E-state index is 0.0609. The van der Waals surface area contributed by atoms with Gasteiger partial charge in [0.1, 0.15) is 6.54 Å². The Morgan fingerprint density at radius 1 is 0.879 bits per heavy atom. The Morgan fingerprint density at radius 3 is 1.88 bits per heavy atom. The molecule has 0 saturated carbocycles. The molecule has 1 rings (SSSR count). The van der Waals surface area contributed by atoms with Crippen LogP contribution in [0.5, 0.6) is 0 Å². The van der Waals surface area contributed by atoms with Gasteiger partial charge in [-0.15, -0.1) is 0 Å².